The van der Waals surface area contributed by atoms with E-state index in [-0.39, 0.29) is 10.7 Å². The number of piperidine rings is 1. The van der Waals surface area contributed by atoms with Gasteiger partial charge in [0.05, 0.1) is 4.75 Å². The summed E-state index contributed by atoms with van der Waals surface area (Å²) in [5, 5.41) is 5.47. The van der Waals surface area contributed by atoms with Crippen LogP contribution in [0.1, 0.15) is 76.7 Å². The molecule has 1 amide bonds. The molecule has 1 aromatic heterocycles. The molecule has 0 aliphatic carbocycles. The van der Waals surface area contributed by atoms with Crippen molar-refractivity contribution >= 4 is 33.7 Å². The van der Waals surface area contributed by atoms with Crippen LogP contribution in [0.5, 0.6) is 0 Å². The van der Waals surface area contributed by atoms with Crippen molar-refractivity contribution in [3.63, 3.8) is 0 Å². The molecule has 7 heteroatoms. The number of aliphatic imine (C=N–C) groups is 1. The SMILES string of the molecule is C=C1NC(=NCCC)SC1(C)CC1CCN(C(=O)c2cc3ccccc3[nH]2)CC1.CCC(CC)CN. The molecule has 1 atom stereocenters. The first-order valence-electron chi connectivity index (χ1n) is 13.6. The van der Waals surface area contributed by atoms with Gasteiger partial charge in [-0.15, -0.1) is 0 Å². The topological polar surface area (TPSA) is 86.5 Å². The number of fused-ring (bicyclic) bond motifs is 1. The molecular weight excluding hydrogens is 466 g/mol. The molecule has 2 fully saturated rings. The Labute approximate surface area is 221 Å². The van der Waals surface area contributed by atoms with Gasteiger partial charge in [-0.3, -0.25) is 9.79 Å². The van der Waals surface area contributed by atoms with Crippen LogP contribution in [0.4, 0.5) is 0 Å². The number of likely N-dealkylation sites (tertiary alicyclic amines) is 1. The Bertz CT molecular complexity index is 997. The number of carbonyl (C=O) groups is 1. The predicted octanol–water partition coefficient (Wildman–Crippen LogP) is 6.17. The van der Waals surface area contributed by atoms with E-state index < -0.39 is 0 Å². The smallest absolute Gasteiger partial charge is 0.270 e. The highest BCUT2D eigenvalue weighted by molar-refractivity contribution is 8.15. The van der Waals surface area contributed by atoms with Gasteiger partial charge in [0, 0.05) is 36.2 Å². The molecular formula is C29H45N5OS. The number of hydrogen-bond donors (Lipinski definition) is 3. The van der Waals surface area contributed by atoms with E-state index in [1.165, 1.54) is 12.8 Å². The average Bonchev–Trinajstić information content (AvgIpc) is 3.44. The average molecular weight is 512 g/mol. The number of carbonyl (C=O) groups excluding carboxylic acids is 1. The monoisotopic (exact) mass is 511 g/mol. The second kappa shape index (κ2) is 13.3. The maximum atomic E-state index is 12.9. The summed E-state index contributed by atoms with van der Waals surface area (Å²) < 4.78 is -0.0133. The molecule has 198 valence electrons. The number of nitrogens with zero attached hydrogens (tertiary/aromatic N) is 2. The molecule has 1 aromatic carbocycles. The molecule has 2 aliphatic heterocycles. The van der Waals surface area contributed by atoms with Gasteiger partial charge in [-0.25, -0.2) is 0 Å². The van der Waals surface area contributed by atoms with Crippen LogP contribution < -0.4 is 11.1 Å². The molecule has 2 aliphatic rings. The predicted molar refractivity (Wildman–Crippen MR) is 156 cm³/mol. The van der Waals surface area contributed by atoms with Crippen LogP contribution >= 0.6 is 11.8 Å². The minimum absolute atomic E-state index is 0.0133. The van der Waals surface area contributed by atoms with Gasteiger partial charge in [0.15, 0.2) is 5.17 Å². The number of nitrogens with two attached hydrogens (primary N) is 1. The quantitative estimate of drug-likeness (QED) is 0.396. The van der Waals surface area contributed by atoms with E-state index in [9.17, 15) is 4.79 Å². The van der Waals surface area contributed by atoms with E-state index in [0.717, 1.165) is 79.5 Å². The van der Waals surface area contributed by atoms with Crippen LogP contribution in [-0.2, 0) is 0 Å². The van der Waals surface area contributed by atoms with E-state index >= 15 is 0 Å². The zero-order valence-corrected chi connectivity index (χ0v) is 23.4. The van der Waals surface area contributed by atoms with Crippen molar-refractivity contribution in [2.45, 2.75) is 71.0 Å². The van der Waals surface area contributed by atoms with Crippen molar-refractivity contribution in [3.05, 3.63) is 48.3 Å². The second-order valence-corrected chi connectivity index (χ2v) is 11.7. The Morgan fingerprint density at radius 1 is 1.25 bits per heavy atom. The molecule has 36 heavy (non-hydrogen) atoms. The van der Waals surface area contributed by atoms with Crippen LogP contribution in [0, 0.1) is 11.8 Å². The van der Waals surface area contributed by atoms with Crippen molar-refractivity contribution in [1.29, 1.82) is 0 Å². The third-order valence-corrected chi connectivity index (χ3v) is 8.81. The third kappa shape index (κ3) is 7.16. The van der Waals surface area contributed by atoms with Crippen LogP contribution in [0.25, 0.3) is 10.9 Å². The van der Waals surface area contributed by atoms with Gasteiger partial charge >= 0.3 is 0 Å². The first-order valence-corrected chi connectivity index (χ1v) is 14.4. The number of aromatic nitrogens is 1. The highest BCUT2D eigenvalue weighted by Crippen LogP contribution is 2.44. The maximum Gasteiger partial charge on any atom is 0.270 e. The lowest BCUT2D eigenvalue weighted by molar-refractivity contribution is 0.0679. The van der Waals surface area contributed by atoms with E-state index in [2.05, 4.69) is 49.6 Å². The van der Waals surface area contributed by atoms with Gasteiger partial charge in [0.1, 0.15) is 5.69 Å². The number of rotatable bonds is 8. The number of nitrogens with one attached hydrogen (secondary N) is 2. The summed E-state index contributed by atoms with van der Waals surface area (Å²) in [5.41, 5.74) is 8.17. The Kier molecular flexibility index (Phi) is 10.5. The number of thioether (sulfide) groups is 1. The van der Waals surface area contributed by atoms with Crippen molar-refractivity contribution < 1.29 is 4.79 Å². The Hall–Kier alpha value is -2.25. The summed E-state index contributed by atoms with van der Waals surface area (Å²) in [7, 11) is 0. The number of hydrogen-bond acceptors (Lipinski definition) is 4. The van der Waals surface area contributed by atoms with Crippen molar-refractivity contribution in [3.8, 4) is 0 Å². The summed E-state index contributed by atoms with van der Waals surface area (Å²) in [5.74, 6) is 1.48. The number of amidine groups is 1. The third-order valence-electron chi connectivity index (χ3n) is 7.53. The highest BCUT2D eigenvalue weighted by atomic mass is 32.2. The molecule has 2 aromatic rings. The van der Waals surface area contributed by atoms with E-state index in [4.69, 9.17) is 5.73 Å². The van der Waals surface area contributed by atoms with Crippen molar-refractivity contribution in [1.82, 2.24) is 15.2 Å². The molecule has 0 spiro atoms. The largest absolute Gasteiger partial charge is 0.351 e. The van der Waals surface area contributed by atoms with Gasteiger partial charge in [-0.1, -0.05) is 70.2 Å². The van der Waals surface area contributed by atoms with Gasteiger partial charge < -0.3 is 20.9 Å². The lowest BCUT2D eigenvalue weighted by Crippen LogP contribution is -2.40. The van der Waals surface area contributed by atoms with E-state index in [0.29, 0.717) is 11.6 Å². The fourth-order valence-electron chi connectivity index (χ4n) is 4.88. The number of H-pyrrole nitrogens is 1. The Morgan fingerprint density at radius 3 is 2.53 bits per heavy atom. The number of benzene rings is 1. The Morgan fingerprint density at radius 2 is 1.94 bits per heavy atom. The molecule has 3 heterocycles. The highest BCUT2D eigenvalue weighted by Gasteiger charge is 2.40. The second-order valence-electron chi connectivity index (χ2n) is 10.3. The first-order chi connectivity index (χ1) is 17.3. The van der Waals surface area contributed by atoms with Crippen LogP contribution in [0.2, 0.25) is 0 Å². The number of aromatic amines is 1. The number of amides is 1. The summed E-state index contributed by atoms with van der Waals surface area (Å²) in [4.78, 5) is 22.8. The maximum absolute atomic E-state index is 12.9. The summed E-state index contributed by atoms with van der Waals surface area (Å²) in [6.07, 6.45) is 6.66. The molecule has 1 unspecified atom stereocenters. The van der Waals surface area contributed by atoms with Gasteiger partial charge in [-0.2, -0.15) is 0 Å². The Balaban J connectivity index is 0.000000454. The summed E-state index contributed by atoms with van der Waals surface area (Å²) in [6, 6.07) is 10.00. The normalized spacial score (nSPS) is 21.7. The molecule has 0 radical (unpaired) electrons. The lowest BCUT2D eigenvalue weighted by atomic mass is 9.86. The first kappa shape index (κ1) is 28.3. The standard InChI is InChI=1S/C23H30N4OS.C6H15N/c1-4-11-24-22-25-16(2)23(3,29-22)15-17-9-12-27(13-10-17)21(28)20-14-18-7-5-6-8-19(18)26-20;1-3-6(4-2)5-7/h5-8,14,17,26H,2,4,9-13,15H2,1,3H3,(H,24,25);6H,3-5,7H2,1-2H3. The zero-order valence-electron chi connectivity index (χ0n) is 22.6. The molecule has 2 saturated heterocycles. The molecule has 0 saturated carbocycles. The molecule has 6 nitrogen and oxygen atoms in total. The zero-order chi connectivity index (χ0) is 26.1. The van der Waals surface area contributed by atoms with Gasteiger partial charge in [-0.05, 0) is 63.1 Å². The minimum atomic E-state index is -0.0133. The molecule has 0 bridgehead atoms. The van der Waals surface area contributed by atoms with Crippen LogP contribution in [-0.4, -0.2) is 51.9 Å². The van der Waals surface area contributed by atoms with Crippen molar-refractivity contribution in [2.75, 3.05) is 26.2 Å². The fourth-order valence-corrected chi connectivity index (χ4v) is 6.13. The van der Waals surface area contributed by atoms with E-state index in [1.807, 2.05) is 47.0 Å². The number of para-hydroxylation sites is 1. The summed E-state index contributed by atoms with van der Waals surface area (Å²) >= 11 is 1.81. The fraction of sp³-hybridized carbons (Fsp3) is 0.586. The van der Waals surface area contributed by atoms with Gasteiger partial charge in [0.2, 0.25) is 0 Å². The molecule has 4 N–H and O–H groups in total. The van der Waals surface area contributed by atoms with Gasteiger partial charge in [0.25, 0.3) is 5.91 Å². The van der Waals surface area contributed by atoms with Crippen molar-refractivity contribution in [2.24, 2.45) is 22.6 Å². The lowest BCUT2D eigenvalue weighted by Gasteiger charge is -2.35. The van der Waals surface area contributed by atoms with E-state index in [1.54, 1.807) is 0 Å². The van der Waals surface area contributed by atoms with Crippen LogP contribution in [0.3, 0.4) is 0 Å². The minimum Gasteiger partial charge on any atom is -0.351 e. The van der Waals surface area contributed by atoms with Crippen LogP contribution in [0.15, 0.2) is 47.6 Å². The summed E-state index contributed by atoms with van der Waals surface area (Å²) in [6.45, 7) is 16.4. The molecule has 4 rings (SSSR count).